The molecule has 0 aromatic heterocycles. The molecule has 2 heteroatoms. The Balaban J connectivity index is 2.72. The number of aldehydes is 1. The Kier molecular flexibility index (Phi) is 7.35. The molecule has 0 aliphatic heterocycles. The van der Waals surface area contributed by atoms with Crippen LogP contribution in [-0.4, -0.2) is 12.9 Å². The smallest absolute Gasteiger partial charge is 0.126 e. The molecule has 0 aliphatic rings. The van der Waals surface area contributed by atoms with Crippen LogP contribution in [0.4, 0.5) is 0 Å². The van der Waals surface area contributed by atoms with E-state index < -0.39 is 0 Å². The van der Waals surface area contributed by atoms with Crippen molar-refractivity contribution in [2.24, 2.45) is 5.92 Å². The molecule has 2 atom stereocenters. The topological polar surface area (TPSA) is 26.3 Å². The van der Waals surface area contributed by atoms with E-state index in [4.69, 9.17) is 4.74 Å². The van der Waals surface area contributed by atoms with Crippen molar-refractivity contribution >= 4 is 6.29 Å². The van der Waals surface area contributed by atoms with Gasteiger partial charge in [-0.1, -0.05) is 56.5 Å². The second kappa shape index (κ2) is 8.87. The van der Waals surface area contributed by atoms with Crippen LogP contribution in [0.5, 0.6) is 0 Å². The van der Waals surface area contributed by atoms with Crippen LogP contribution < -0.4 is 0 Å². The molecule has 1 aromatic carbocycles. The summed E-state index contributed by atoms with van der Waals surface area (Å²) in [6.45, 7) is 4.79. The molecule has 2 nitrogen and oxygen atoms in total. The van der Waals surface area contributed by atoms with Gasteiger partial charge in [0, 0.05) is 12.5 Å². The molecule has 0 saturated carbocycles. The Morgan fingerprint density at radius 2 is 1.89 bits per heavy atom. The van der Waals surface area contributed by atoms with Gasteiger partial charge in [-0.05, 0) is 18.9 Å². The molecule has 0 N–H and O–H groups in total. The van der Waals surface area contributed by atoms with Crippen molar-refractivity contribution in [2.45, 2.75) is 45.6 Å². The molecule has 0 fully saturated rings. The molecule has 0 bridgehead atoms. The zero-order chi connectivity index (χ0) is 13.2. The highest BCUT2D eigenvalue weighted by atomic mass is 16.5. The van der Waals surface area contributed by atoms with E-state index in [0.717, 1.165) is 24.7 Å². The average molecular weight is 248 g/mol. The van der Waals surface area contributed by atoms with Crippen LogP contribution in [0.15, 0.2) is 30.3 Å². The maximum atomic E-state index is 11.3. The van der Waals surface area contributed by atoms with Gasteiger partial charge in [-0.2, -0.15) is 0 Å². The molecule has 0 radical (unpaired) electrons. The number of carbonyl (C=O) groups excluding carboxylic acids is 1. The van der Waals surface area contributed by atoms with E-state index in [9.17, 15) is 4.79 Å². The van der Waals surface area contributed by atoms with Crippen LogP contribution in [0, 0.1) is 5.92 Å². The number of benzene rings is 1. The minimum Gasteiger partial charge on any atom is -0.373 e. The zero-order valence-electron chi connectivity index (χ0n) is 11.5. The van der Waals surface area contributed by atoms with Crippen molar-refractivity contribution < 1.29 is 9.53 Å². The number of rotatable bonds is 9. The molecule has 0 amide bonds. The zero-order valence-corrected chi connectivity index (χ0v) is 11.5. The quantitative estimate of drug-likeness (QED) is 0.484. The number of carbonyl (C=O) groups is 1. The molecular formula is C16H24O2. The molecule has 2 unspecified atom stereocenters. The monoisotopic (exact) mass is 248 g/mol. The number of ether oxygens (including phenoxy) is 1. The maximum absolute atomic E-state index is 11.3. The first-order valence-electron chi connectivity index (χ1n) is 6.95. The lowest BCUT2D eigenvalue weighted by Gasteiger charge is -2.23. The highest BCUT2D eigenvalue weighted by Crippen LogP contribution is 2.28. The van der Waals surface area contributed by atoms with E-state index >= 15 is 0 Å². The summed E-state index contributed by atoms with van der Waals surface area (Å²) in [5, 5.41) is 0. The summed E-state index contributed by atoms with van der Waals surface area (Å²) in [5.74, 6) is -0.0288. The molecule has 1 rings (SSSR count). The van der Waals surface area contributed by atoms with Gasteiger partial charge in [0.25, 0.3) is 0 Å². The summed E-state index contributed by atoms with van der Waals surface area (Å²) in [4.78, 5) is 11.3. The second-order valence-electron chi connectivity index (χ2n) is 4.58. The lowest BCUT2D eigenvalue weighted by atomic mass is 9.92. The van der Waals surface area contributed by atoms with E-state index in [1.165, 1.54) is 12.8 Å². The molecule has 0 aliphatic carbocycles. The fraction of sp³-hybridized carbons (Fsp3) is 0.562. The Morgan fingerprint density at radius 1 is 1.17 bits per heavy atom. The fourth-order valence-electron chi connectivity index (χ4n) is 2.21. The van der Waals surface area contributed by atoms with Crippen molar-refractivity contribution in [3.8, 4) is 0 Å². The van der Waals surface area contributed by atoms with Crippen LogP contribution >= 0.6 is 0 Å². The molecule has 100 valence electrons. The van der Waals surface area contributed by atoms with Crippen LogP contribution in [0.2, 0.25) is 0 Å². The molecule has 0 heterocycles. The minimum atomic E-state index is -0.0921. The second-order valence-corrected chi connectivity index (χ2v) is 4.58. The molecular weight excluding hydrogens is 224 g/mol. The predicted octanol–water partition coefficient (Wildman–Crippen LogP) is 4.16. The van der Waals surface area contributed by atoms with E-state index in [0.29, 0.717) is 6.61 Å². The van der Waals surface area contributed by atoms with E-state index in [2.05, 4.69) is 6.92 Å². The summed E-state index contributed by atoms with van der Waals surface area (Å²) in [6, 6.07) is 10.1. The lowest BCUT2D eigenvalue weighted by molar-refractivity contribution is -0.116. The standard InChI is InChI=1S/C16H24O2/c1-3-5-7-12-15(13-17)16(18-4-2)14-10-8-6-9-11-14/h6,8-11,13,15-16H,3-5,7,12H2,1-2H3. The van der Waals surface area contributed by atoms with Gasteiger partial charge >= 0.3 is 0 Å². The Labute approximate surface area is 110 Å². The molecule has 0 spiro atoms. The van der Waals surface area contributed by atoms with E-state index in [1.807, 2.05) is 37.3 Å². The Bertz CT molecular complexity index is 321. The molecule has 1 aromatic rings. The summed E-state index contributed by atoms with van der Waals surface area (Å²) < 4.78 is 5.78. The van der Waals surface area contributed by atoms with Gasteiger partial charge in [-0.25, -0.2) is 0 Å². The third-order valence-corrected chi connectivity index (χ3v) is 3.18. The van der Waals surface area contributed by atoms with Crippen molar-refractivity contribution in [1.82, 2.24) is 0 Å². The highest BCUT2D eigenvalue weighted by molar-refractivity contribution is 5.55. The number of hydrogen-bond donors (Lipinski definition) is 0. The van der Waals surface area contributed by atoms with Gasteiger partial charge in [0.05, 0.1) is 6.10 Å². The first-order valence-corrected chi connectivity index (χ1v) is 6.95. The molecule has 18 heavy (non-hydrogen) atoms. The minimum absolute atomic E-state index is 0.0288. The first kappa shape index (κ1) is 14.9. The van der Waals surface area contributed by atoms with Crippen LogP contribution in [-0.2, 0) is 9.53 Å². The van der Waals surface area contributed by atoms with Gasteiger partial charge in [0.15, 0.2) is 0 Å². The van der Waals surface area contributed by atoms with Crippen molar-refractivity contribution in [1.29, 1.82) is 0 Å². The van der Waals surface area contributed by atoms with Crippen LogP contribution in [0.3, 0.4) is 0 Å². The fourth-order valence-corrected chi connectivity index (χ4v) is 2.21. The lowest BCUT2D eigenvalue weighted by Crippen LogP contribution is -2.18. The predicted molar refractivity (Wildman–Crippen MR) is 74.5 cm³/mol. The summed E-state index contributed by atoms with van der Waals surface area (Å²) in [6.07, 6.45) is 5.33. The van der Waals surface area contributed by atoms with Gasteiger partial charge in [-0.15, -0.1) is 0 Å². The third-order valence-electron chi connectivity index (χ3n) is 3.18. The highest BCUT2D eigenvalue weighted by Gasteiger charge is 2.22. The van der Waals surface area contributed by atoms with E-state index in [1.54, 1.807) is 0 Å². The first-order chi connectivity index (χ1) is 8.83. The summed E-state index contributed by atoms with van der Waals surface area (Å²) >= 11 is 0. The van der Waals surface area contributed by atoms with Crippen molar-refractivity contribution in [3.63, 3.8) is 0 Å². The summed E-state index contributed by atoms with van der Waals surface area (Å²) in [5.41, 5.74) is 1.10. The number of unbranched alkanes of at least 4 members (excludes halogenated alkanes) is 2. The molecule has 0 saturated heterocycles. The average Bonchev–Trinajstić information content (AvgIpc) is 2.43. The van der Waals surface area contributed by atoms with Crippen molar-refractivity contribution in [3.05, 3.63) is 35.9 Å². The summed E-state index contributed by atoms with van der Waals surface area (Å²) in [7, 11) is 0. The Morgan fingerprint density at radius 3 is 2.44 bits per heavy atom. The number of hydrogen-bond acceptors (Lipinski definition) is 2. The third kappa shape index (κ3) is 4.61. The van der Waals surface area contributed by atoms with Gasteiger partial charge in [-0.3, -0.25) is 0 Å². The van der Waals surface area contributed by atoms with Crippen molar-refractivity contribution in [2.75, 3.05) is 6.61 Å². The SMILES string of the molecule is CCCCCC(C=O)C(OCC)c1ccccc1. The Hall–Kier alpha value is -1.15. The van der Waals surface area contributed by atoms with Crippen LogP contribution in [0.1, 0.15) is 51.2 Å². The van der Waals surface area contributed by atoms with Crippen LogP contribution in [0.25, 0.3) is 0 Å². The van der Waals surface area contributed by atoms with Gasteiger partial charge in [0.2, 0.25) is 0 Å². The normalized spacial score (nSPS) is 14.1. The largest absolute Gasteiger partial charge is 0.373 e. The van der Waals surface area contributed by atoms with E-state index in [-0.39, 0.29) is 12.0 Å². The maximum Gasteiger partial charge on any atom is 0.126 e. The van der Waals surface area contributed by atoms with Gasteiger partial charge in [0.1, 0.15) is 6.29 Å². The van der Waals surface area contributed by atoms with Gasteiger partial charge < -0.3 is 9.53 Å².